The number of ether oxygens (including phenoxy) is 2. The van der Waals surface area contributed by atoms with E-state index in [0.717, 1.165) is 17.1 Å². The molecule has 0 aliphatic carbocycles. The SMILES string of the molecule is CCOc1ccc([C@H](C)[NH2+][C@@H](C)C(=O)NC)cc1OCC. The lowest BCUT2D eigenvalue weighted by Crippen LogP contribution is -2.92. The van der Waals surface area contributed by atoms with Gasteiger partial charge in [-0.05, 0) is 45.9 Å². The molecule has 2 atom stereocenters. The molecule has 0 spiro atoms. The van der Waals surface area contributed by atoms with Gasteiger partial charge in [0.15, 0.2) is 17.5 Å². The first-order valence-corrected chi connectivity index (χ1v) is 7.49. The lowest BCUT2D eigenvalue weighted by atomic mass is 10.1. The first-order chi connectivity index (χ1) is 10.0. The van der Waals surface area contributed by atoms with Gasteiger partial charge in [-0.1, -0.05) is 0 Å². The van der Waals surface area contributed by atoms with Gasteiger partial charge in [0, 0.05) is 12.6 Å². The molecule has 0 aromatic heterocycles. The minimum Gasteiger partial charge on any atom is -0.490 e. The van der Waals surface area contributed by atoms with Crippen molar-refractivity contribution in [3.05, 3.63) is 23.8 Å². The number of benzene rings is 1. The highest BCUT2D eigenvalue weighted by Gasteiger charge is 2.20. The van der Waals surface area contributed by atoms with Gasteiger partial charge in [-0.25, -0.2) is 0 Å². The number of hydrogen-bond donors (Lipinski definition) is 2. The van der Waals surface area contributed by atoms with Crippen molar-refractivity contribution in [2.75, 3.05) is 20.3 Å². The Morgan fingerprint density at radius 1 is 1.19 bits per heavy atom. The highest BCUT2D eigenvalue weighted by molar-refractivity contribution is 5.79. The normalized spacial score (nSPS) is 13.4. The fraction of sp³-hybridized carbons (Fsp3) is 0.562. The average molecular weight is 295 g/mol. The second-order valence-electron chi connectivity index (χ2n) is 4.96. The summed E-state index contributed by atoms with van der Waals surface area (Å²) in [4.78, 5) is 11.6. The minimum absolute atomic E-state index is 0.0258. The maximum absolute atomic E-state index is 11.6. The molecule has 0 aliphatic rings. The largest absolute Gasteiger partial charge is 0.490 e. The van der Waals surface area contributed by atoms with Gasteiger partial charge in [-0.15, -0.1) is 0 Å². The molecule has 1 rings (SSSR count). The van der Waals surface area contributed by atoms with Crippen LogP contribution < -0.4 is 20.1 Å². The highest BCUT2D eigenvalue weighted by atomic mass is 16.5. The first kappa shape index (κ1) is 17.3. The van der Waals surface area contributed by atoms with Gasteiger partial charge < -0.3 is 20.1 Å². The molecule has 0 heterocycles. The number of carbonyl (C=O) groups is 1. The van der Waals surface area contributed by atoms with Crippen LogP contribution in [0.5, 0.6) is 11.5 Å². The van der Waals surface area contributed by atoms with Crippen LogP contribution in [0.25, 0.3) is 0 Å². The van der Waals surface area contributed by atoms with Crippen molar-refractivity contribution < 1.29 is 19.6 Å². The average Bonchev–Trinajstić information content (AvgIpc) is 2.48. The van der Waals surface area contributed by atoms with Crippen LogP contribution in [-0.2, 0) is 4.79 Å². The Bertz CT molecular complexity index is 463. The predicted octanol–water partition coefficient (Wildman–Crippen LogP) is 1.24. The second-order valence-corrected chi connectivity index (χ2v) is 4.96. The van der Waals surface area contributed by atoms with Gasteiger partial charge >= 0.3 is 0 Å². The van der Waals surface area contributed by atoms with Crippen molar-refractivity contribution in [1.29, 1.82) is 0 Å². The van der Waals surface area contributed by atoms with Crippen LogP contribution in [-0.4, -0.2) is 32.2 Å². The Morgan fingerprint density at radius 2 is 1.81 bits per heavy atom. The summed E-state index contributed by atoms with van der Waals surface area (Å²) < 4.78 is 11.2. The minimum atomic E-state index is -0.132. The van der Waals surface area contributed by atoms with E-state index in [1.54, 1.807) is 7.05 Å². The lowest BCUT2D eigenvalue weighted by molar-refractivity contribution is -0.710. The topological polar surface area (TPSA) is 64.2 Å². The summed E-state index contributed by atoms with van der Waals surface area (Å²) in [6, 6.07) is 5.97. The third kappa shape index (κ3) is 4.93. The number of amides is 1. The quantitative estimate of drug-likeness (QED) is 0.758. The standard InChI is InChI=1S/C16H26N2O3/c1-6-20-14-9-8-13(10-15(14)21-7-2)11(3)18-12(4)16(19)17-5/h8-12,18H,6-7H2,1-5H3,(H,17,19)/p+1/t11-,12-/m0/s1. The third-order valence-corrected chi connectivity index (χ3v) is 3.33. The summed E-state index contributed by atoms with van der Waals surface area (Å²) in [5.74, 6) is 1.54. The molecule has 0 aliphatic heterocycles. The van der Waals surface area contributed by atoms with E-state index in [2.05, 4.69) is 12.2 Å². The van der Waals surface area contributed by atoms with Crippen LogP contribution in [0, 0.1) is 0 Å². The number of likely N-dealkylation sites (N-methyl/N-ethyl adjacent to an activating group) is 1. The van der Waals surface area contributed by atoms with Gasteiger partial charge in [-0.3, -0.25) is 4.79 Å². The predicted molar refractivity (Wildman–Crippen MR) is 82.6 cm³/mol. The zero-order valence-electron chi connectivity index (χ0n) is 13.6. The number of nitrogens with one attached hydrogen (secondary N) is 1. The number of quaternary nitrogens is 1. The van der Waals surface area contributed by atoms with Crippen LogP contribution in [0.2, 0.25) is 0 Å². The first-order valence-electron chi connectivity index (χ1n) is 7.49. The van der Waals surface area contributed by atoms with Crippen molar-refractivity contribution >= 4 is 5.91 Å². The van der Waals surface area contributed by atoms with Gasteiger partial charge in [0.1, 0.15) is 6.04 Å². The van der Waals surface area contributed by atoms with Crippen LogP contribution in [0.15, 0.2) is 18.2 Å². The van der Waals surface area contributed by atoms with Crippen molar-refractivity contribution in [3.63, 3.8) is 0 Å². The molecule has 0 saturated carbocycles. The van der Waals surface area contributed by atoms with Crippen LogP contribution >= 0.6 is 0 Å². The van der Waals surface area contributed by atoms with Crippen molar-refractivity contribution in [2.45, 2.75) is 39.8 Å². The van der Waals surface area contributed by atoms with E-state index in [1.807, 2.05) is 44.3 Å². The number of carbonyl (C=O) groups excluding carboxylic acids is 1. The monoisotopic (exact) mass is 295 g/mol. The molecular formula is C16H27N2O3+. The Balaban J connectivity index is 2.86. The van der Waals surface area contributed by atoms with E-state index in [-0.39, 0.29) is 18.0 Å². The summed E-state index contributed by atoms with van der Waals surface area (Å²) in [5.41, 5.74) is 1.11. The number of rotatable bonds is 8. The molecule has 1 aromatic rings. The molecule has 118 valence electrons. The van der Waals surface area contributed by atoms with Crippen LogP contribution in [0.4, 0.5) is 0 Å². The van der Waals surface area contributed by atoms with Gasteiger partial charge in [0.05, 0.1) is 13.2 Å². The third-order valence-electron chi connectivity index (χ3n) is 3.33. The van der Waals surface area contributed by atoms with Crippen molar-refractivity contribution in [1.82, 2.24) is 5.32 Å². The summed E-state index contributed by atoms with van der Waals surface area (Å²) in [6.45, 7) is 9.07. The fourth-order valence-corrected chi connectivity index (χ4v) is 2.21. The molecule has 1 aromatic carbocycles. The smallest absolute Gasteiger partial charge is 0.277 e. The Hall–Kier alpha value is -1.75. The molecule has 21 heavy (non-hydrogen) atoms. The maximum atomic E-state index is 11.6. The molecular weight excluding hydrogens is 268 g/mol. The molecule has 0 saturated heterocycles. The molecule has 5 nitrogen and oxygen atoms in total. The van der Waals surface area contributed by atoms with E-state index in [0.29, 0.717) is 13.2 Å². The molecule has 0 unspecified atom stereocenters. The summed E-state index contributed by atoms with van der Waals surface area (Å²) in [6.07, 6.45) is 0. The fourth-order valence-electron chi connectivity index (χ4n) is 2.21. The van der Waals surface area contributed by atoms with Gasteiger partial charge in [-0.2, -0.15) is 0 Å². The molecule has 0 fully saturated rings. The molecule has 5 heteroatoms. The molecule has 3 N–H and O–H groups in total. The van der Waals surface area contributed by atoms with E-state index in [1.165, 1.54) is 0 Å². The summed E-state index contributed by atoms with van der Waals surface area (Å²) in [7, 11) is 1.65. The van der Waals surface area contributed by atoms with Crippen LogP contribution in [0.3, 0.4) is 0 Å². The maximum Gasteiger partial charge on any atom is 0.277 e. The van der Waals surface area contributed by atoms with Crippen LogP contribution in [0.1, 0.15) is 39.3 Å². The molecule has 0 radical (unpaired) electrons. The van der Waals surface area contributed by atoms with E-state index < -0.39 is 0 Å². The zero-order valence-corrected chi connectivity index (χ0v) is 13.6. The molecule has 0 bridgehead atoms. The lowest BCUT2D eigenvalue weighted by Gasteiger charge is -2.18. The van der Waals surface area contributed by atoms with Gasteiger partial charge in [0.25, 0.3) is 5.91 Å². The Morgan fingerprint density at radius 3 is 2.38 bits per heavy atom. The summed E-state index contributed by atoms with van der Waals surface area (Å²) in [5, 5.41) is 4.70. The van der Waals surface area contributed by atoms with Crippen molar-refractivity contribution in [2.24, 2.45) is 0 Å². The van der Waals surface area contributed by atoms with Crippen molar-refractivity contribution in [3.8, 4) is 11.5 Å². The molecule has 1 amide bonds. The van der Waals surface area contributed by atoms with E-state index in [4.69, 9.17) is 9.47 Å². The highest BCUT2D eigenvalue weighted by Crippen LogP contribution is 2.29. The van der Waals surface area contributed by atoms with E-state index in [9.17, 15) is 4.79 Å². The van der Waals surface area contributed by atoms with Gasteiger partial charge in [0.2, 0.25) is 0 Å². The number of nitrogens with two attached hydrogens (primary N) is 1. The number of hydrogen-bond acceptors (Lipinski definition) is 3. The van der Waals surface area contributed by atoms with E-state index >= 15 is 0 Å². The Kier molecular flexibility index (Phi) is 7.02. The second kappa shape index (κ2) is 8.52. The zero-order chi connectivity index (χ0) is 15.8. The summed E-state index contributed by atoms with van der Waals surface area (Å²) >= 11 is 0. The Labute approximate surface area is 127 Å².